The fourth-order valence-electron chi connectivity index (χ4n) is 1.87. The average molecular weight is 322 g/mol. The molecular formula is C14H14N2O5S. The van der Waals surface area contributed by atoms with Gasteiger partial charge in [-0.25, -0.2) is 0 Å². The second-order valence-electron chi connectivity index (χ2n) is 4.77. The topological polar surface area (TPSA) is 104 Å². The molecule has 2 N–H and O–H groups in total. The number of carbonyl (C=O) groups is 4. The third-order valence-corrected chi connectivity index (χ3v) is 3.95. The van der Waals surface area contributed by atoms with Gasteiger partial charge in [-0.2, -0.15) is 0 Å². The van der Waals surface area contributed by atoms with Gasteiger partial charge in [-0.15, -0.1) is 0 Å². The minimum absolute atomic E-state index is 0.0975. The molecule has 1 aliphatic heterocycles. The van der Waals surface area contributed by atoms with Crippen molar-refractivity contribution in [2.24, 2.45) is 0 Å². The lowest BCUT2D eigenvalue weighted by Gasteiger charge is -2.14. The SMILES string of the molecule is CC(NC(=O)c1cccc(CN2C(=O)CSC2=O)c1)C(=O)O. The molecule has 0 spiro atoms. The fourth-order valence-corrected chi connectivity index (χ4v) is 2.59. The molecule has 0 aliphatic carbocycles. The Morgan fingerprint density at radius 2 is 2.14 bits per heavy atom. The Bertz CT molecular complexity index is 630. The van der Waals surface area contributed by atoms with Crippen molar-refractivity contribution in [3.8, 4) is 0 Å². The number of amides is 3. The summed E-state index contributed by atoms with van der Waals surface area (Å²) in [5.41, 5.74) is 0.900. The Balaban J connectivity index is 2.09. The van der Waals surface area contributed by atoms with Crippen LogP contribution in [0.2, 0.25) is 0 Å². The Morgan fingerprint density at radius 3 is 2.73 bits per heavy atom. The summed E-state index contributed by atoms with van der Waals surface area (Å²) >= 11 is 0.948. The van der Waals surface area contributed by atoms with Gasteiger partial charge < -0.3 is 10.4 Å². The van der Waals surface area contributed by atoms with E-state index in [0.717, 1.165) is 16.7 Å². The summed E-state index contributed by atoms with van der Waals surface area (Å²) in [5, 5.41) is 10.8. The third-order valence-electron chi connectivity index (χ3n) is 3.09. The van der Waals surface area contributed by atoms with Gasteiger partial charge in [0.05, 0.1) is 12.3 Å². The molecule has 0 bridgehead atoms. The molecule has 1 heterocycles. The highest BCUT2D eigenvalue weighted by Gasteiger charge is 2.29. The zero-order valence-electron chi connectivity index (χ0n) is 11.7. The van der Waals surface area contributed by atoms with Crippen LogP contribution < -0.4 is 5.32 Å². The van der Waals surface area contributed by atoms with Crippen molar-refractivity contribution in [1.82, 2.24) is 10.2 Å². The van der Waals surface area contributed by atoms with Gasteiger partial charge in [-0.1, -0.05) is 23.9 Å². The van der Waals surface area contributed by atoms with E-state index in [1.165, 1.54) is 19.1 Å². The van der Waals surface area contributed by atoms with Crippen LogP contribution in [0.3, 0.4) is 0 Å². The number of imide groups is 1. The number of nitrogens with one attached hydrogen (secondary N) is 1. The smallest absolute Gasteiger partial charge is 0.325 e. The largest absolute Gasteiger partial charge is 0.480 e. The Hall–Kier alpha value is -2.35. The van der Waals surface area contributed by atoms with E-state index in [1.54, 1.807) is 12.1 Å². The molecular weight excluding hydrogens is 308 g/mol. The predicted octanol–water partition coefficient (Wildman–Crippen LogP) is 1.08. The van der Waals surface area contributed by atoms with Crippen LogP contribution in [0.5, 0.6) is 0 Å². The quantitative estimate of drug-likeness (QED) is 0.841. The highest BCUT2D eigenvalue weighted by atomic mass is 32.2. The number of benzene rings is 1. The standard InChI is InChI=1S/C14H14N2O5S/c1-8(13(19)20)15-12(18)10-4-2-3-9(5-10)6-16-11(17)7-22-14(16)21/h2-5,8H,6-7H2,1H3,(H,15,18)(H,19,20). The molecule has 0 aromatic heterocycles. The lowest BCUT2D eigenvalue weighted by molar-refractivity contribution is -0.138. The highest BCUT2D eigenvalue weighted by molar-refractivity contribution is 8.14. The summed E-state index contributed by atoms with van der Waals surface area (Å²) < 4.78 is 0. The van der Waals surface area contributed by atoms with Crippen molar-refractivity contribution in [3.05, 3.63) is 35.4 Å². The first-order valence-corrected chi connectivity index (χ1v) is 7.47. The fraction of sp³-hybridized carbons (Fsp3) is 0.286. The summed E-state index contributed by atoms with van der Waals surface area (Å²) in [5.74, 6) is -1.78. The van der Waals surface area contributed by atoms with E-state index in [9.17, 15) is 19.2 Å². The molecule has 1 aromatic carbocycles. The van der Waals surface area contributed by atoms with E-state index in [4.69, 9.17) is 5.11 Å². The van der Waals surface area contributed by atoms with Crippen LogP contribution >= 0.6 is 11.8 Å². The summed E-state index contributed by atoms with van der Waals surface area (Å²) in [7, 11) is 0. The van der Waals surface area contributed by atoms with Gasteiger partial charge in [0, 0.05) is 5.56 Å². The molecule has 3 amide bonds. The molecule has 0 saturated carbocycles. The van der Waals surface area contributed by atoms with Crippen molar-refractivity contribution in [1.29, 1.82) is 0 Å². The second-order valence-corrected chi connectivity index (χ2v) is 5.69. The molecule has 7 nitrogen and oxygen atoms in total. The van der Waals surface area contributed by atoms with Crippen LogP contribution in [0, 0.1) is 0 Å². The van der Waals surface area contributed by atoms with Crippen LogP contribution in [0.15, 0.2) is 24.3 Å². The number of thioether (sulfide) groups is 1. The molecule has 1 atom stereocenters. The van der Waals surface area contributed by atoms with E-state index < -0.39 is 17.9 Å². The van der Waals surface area contributed by atoms with Gasteiger partial charge in [-0.3, -0.25) is 24.1 Å². The number of hydrogen-bond donors (Lipinski definition) is 2. The van der Waals surface area contributed by atoms with Gasteiger partial charge in [0.2, 0.25) is 5.91 Å². The van der Waals surface area contributed by atoms with Crippen LogP contribution in [0.1, 0.15) is 22.8 Å². The first kappa shape index (κ1) is 16.0. The van der Waals surface area contributed by atoms with Gasteiger partial charge in [0.15, 0.2) is 0 Å². The van der Waals surface area contributed by atoms with Crippen molar-refractivity contribution in [2.45, 2.75) is 19.5 Å². The summed E-state index contributed by atoms with van der Waals surface area (Å²) in [6.07, 6.45) is 0. The predicted molar refractivity (Wildman–Crippen MR) is 79.4 cm³/mol. The molecule has 116 valence electrons. The second kappa shape index (κ2) is 6.61. The number of nitrogens with zero attached hydrogens (tertiary/aromatic N) is 1. The maximum atomic E-state index is 12.0. The van der Waals surface area contributed by atoms with Crippen molar-refractivity contribution < 1.29 is 24.3 Å². The Kier molecular flexibility index (Phi) is 4.81. The van der Waals surface area contributed by atoms with E-state index >= 15 is 0 Å². The van der Waals surface area contributed by atoms with Crippen LogP contribution in [0.25, 0.3) is 0 Å². The van der Waals surface area contributed by atoms with Gasteiger partial charge in [0.25, 0.3) is 11.1 Å². The van der Waals surface area contributed by atoms with Crippen molar-refractivity contribution >= 4 is 34.8 Å². The van der Waals surface area contributed by atoms with E-state index in [2.05, 4.69) is 5.32 Å². The summed E-state index contributed by atoms with van der Waals surface area (Å²) in [6.45, 7) is 1.46. The number of hydrogen-bond acceptors (Lipinski definition) is 5. The minimum atomic E-state index is -1.13. The maximum Gasteiger partial charge on any atom is 0.325 e. The summed E-state index contributed by atoms with van der Waals surface area (Å²) in [4.78, 5) is 46.9. The average Bonchev–Trinajstić information content (AvgIpc) is 2.79. The Morgan fingerprint density at radius 1 is 1.41 bits per heavy atom. The minimum Gasteiger partial charge on any atom is -0.480 e. The number of carboxylic acids is 1. The molecule has 8 heteroatoms. The summed E-state index contributed by atoms with van der Waals surface area (Å²) in [6, 6.07) is 5.38. The van der Waals surface area contributed by atoms with Crippen LogP contribution in [-0.2, 0) is 16.1 Å². The maximum absolute atomic E-state index is 12.0. The monoisotopic (exact) mass is 322 g/mol. The van der Waals surface area contributed by atoms with E-state index in [1.807, 2.05) is 0 Å². The van der Waals surface area contributed by atoms with Gasteiger partial charge in [-0.05, 0) is 24.6 Å². The normalized spacial score (nSPS) is 15.8. The first-order chi connectivity index (χ1) is 10.4. The molecule has 22 heavy (non-hydrogen) atoms. The molecule has 1 fully saturated rings. The lowest BCUT2D eigenvalue weighted by Crippen LogP contribution is -2.38. The zero-order chi connectivity index (χ0) is 16.3. The van der Waals surface area contributed by atoms with Crippen LogP contribution in [0.4, 0.5) is 4.79 Å². The number of carboxylic acid groups (broad SMARTS) is 1. The third kappa shape index (κ3) is 3.64. The zero-order valence-corrected chi connectivity index (χ0v) is 12.6. The first-order valence-electron chi connectivity index (χ1n) is 6.48. The molecule has 2 rings (SSSR count). The van der Waals surface area contributed by atoms with Crippen LogP contribution in [-0.4, -0.2) is 44.8 Å². The highest BCUT2D eigenvalue weighted by Crippen LogP contribution is 2.21. The van der Waals surface area contributed by atoms with E-state index in [0.29, 0.717) is 5.56 Å². The number of aliphatic carboxylic acids is 1. The van der Waals surface area contributed by atoms with Crippen molar-refractivity contribution in [3.63, 3.8) is 0 Å². The molecule has 1 aromatic rings. The van der Waals surface area contributed by atoms with Crippen molar-refractivity contribution in [2.75, 3.05) is 5.75 Å². The molecule has 1 unspecified atom stereocenters. The van der Waals surface area contributed by atoms with Gasteiger partial charge in [0.1, 0.15) is 6.04 Å². The Labute approximate surface area is 130 Å². The molecule has 1 saturated heterocycles. The number of rotatable bonds is 5. The molecule has 0 radical (unpaired) electrons. The van der Waals surface area contributed by atoms with Gasteiger partial charge >= 0.3 is 5.97 Å². The van der Waals surface area contributed by atoms with E-state index in [-0.39, 0.29) is 29.0 Å². The lowest BCUT2D eigenvalue weighted by atomic mass is 10.1. The number of carbonyl (C=O) groups excluding carboxylic acids is 3. The molecule has 1 aliphatic rings.